The third kappa shape index (κ3) is 7.54. The van der Waals surface area contributed by atoms with Crippen LogP contribution in [0.15, 0.2) is 42.6 Å². The van der Waals surface area contributed by atoms with Crippen molar-refractivity contribution in [1.82, 2.24) is 10.3 Å². The second kappa shape index (κ2) is 12.4. The average Bonchev–Trinajstić information content (AvgIpc) is 2.63. The van der Waals surface area contributed by atoms with Gasteiger partial charge in [0.25, 0.3) is 0 Å². The third-order valence-corrected chi connectivity index (χ3v) is 4.67. The lowest BCUT2D eigenvalue weighted by atomic mass is 9.87. The highest BCUT2D eigenvalue weighted by Crippen LogP contribution is 2.20. The maximum Gasteiger partial charge on any atom is 0.223 e. The number of nitrogens with zero attached hydrogens (tertiary/aromatic N) is 1. The van der Waals surface area contributed by atoms with Crippen LogP contribution < -0.4 is 16.8 Å². The Morgan fingerprint density at radius 3 is 2.39 bits per heavy atom. The van der Waals surface area contributed by atoms with E-state index in [4.69, 9.17) is 23.1 Å². The first-order valence-electron chi connectivity index (χ1n) is 8.39. The van der Waals surface area contributed by atoms with Gasteiger partial charge in [-0.2, -0.15) is 0 Å². The second-order valence-electron chi connectivity index (χ2n) is 6.25. The van der Waals surface area contributed by atoms with Crippen molar-refractivity contribution in [2.45, 2.75) is 26.3 Å². The molecule has 0 saturated carbocycles. The highest BCUT2D eigenvalue weighted by Gasteiger charge is 2.28. The van der Waals surface area contributed by atoms with Crippen LogP contribution in [0.2, 0.25) is 5.02 Å². The van der Waals surface area contributed by atoms with Crippen LogP contribution in [-0.4, -0.2) is 16.8 Å². The normalized spacial score (nSPS) is 12.1. The predicted molar refractivity (Wildman–Crippen MR) is 117 cm³/mol. The molecule has 0 aliphatic carbocycles. The van der Waals surface area contributed by atoms with Crippen LogP contribution in [0.5, 0.6) is 0 Å². The quantitative estimate of drug-likeness (QED) is 0.577. The van der Waals surface area contributed by atoms with Crippen molar-refractivity contribution in [2.75, 3.05) is 5.73 Å². The Hall–Kier alpha value is -2.02. The molecule has 2 atom stereocenters. The molecule has 2 aromatic rings. The first kappa shape index (κ1) is 26.0. The summed E-state index contributed by atoms with van der Waals surface area (Å²) in [6.07, 6.45) is 2.75. The first-order valence-corrected chi connectivity index (χ1v) is 8.77. The summed E-state index contributed by atoms with van der Waals surface area (Å²) in [5.74, 6) is -1.54. The minimum absolute atomic E-state index is 0. The van der Waals surface area contributed by atoms with Gasteiger partial charge in [0.15, 0.2) is 0 Å². The van der Waals surface area contributed by atoms with Gasteiger partial charge < -0.3 is 16.8 Å². The van der Waals surface area contributed by atoms with Gasteiger partial charge in [-0.25, -0.2) is 4.98 Å². The van der Waals surface area contributed by atoms with Crippen LogP contribution in [0.1, 0.15) is 24.5 Å². The van der Waals surface area contributed by atoms with Gasteiger partial charge in [0.05, 0.1) is 5.02 Å². The van der Waals surface area contributed by atoms with E-state index in [0.29, 0.717) is 17.9 Å². The summed E-state index contributed by atoms with van der Waals surface area (Å²) < 4.78 is 0. The molecule has 2 amide bonds. The van der Waals surface area contributed by atoms with Gasteiger partial charge in [-0.15, -0.1) is 24.8 Å². The second-order valence-corrected chi connectivity index (χ2v) is 6.66. The number of carbonyl (C=O) groups is 2. The van der Waals surface area contributed by atoms with Gasteiger partial charge in [0.2, 0.25) is 11.8 Å². The number of anilines is 1. The van der Waals surface area contributed by atoms with Gasteiger partial charge in [-0.05, 0) is 30.0 Å². The molecule has 154 valence electrons. The lowest BCUT2D eigenvalue weighted by molar-refractivity contribution is -0.133. The number of rotatable bonds is 8. The van der Waals surface area contributed by atoms with Crippen LogP contribution >= 0.6 is 36.4 Å². The molecule has 6 nitrogen and oxygen atoms in total. The highest BCUT2D eigenvalue weighted by atomic mass is 35.5. The highest BCUT2D eigenvalue weighted by molar-refractivity contribution is 6.32. The lowest BCUT2D eigenvalue weighted by Crippen LogP contribution is -2.39. The zero-order chi connectivity index (χ0) is 19.1. The standard InChI is InChI=1S/C19H23ClN4O2.2ClH/c1-12(15(18(22)25)8-7-13-5-3-2-4-6-13)19(26)24-11-14-9-16(20)17(21)23-10-14;;/h2-6,9-10,12,15H,7-8,11H2,1H3,(H2,21,23)(H2,22,25)(H,24,26);2*1H/t12-,15?;;/m0../s1. The molecule has 2 rings (SSSR count). The number of nitrogen functional groups attached to an aromatic ring is 1. The smallest absolute Gasteiger partial charge is 0.223 e. The molecule has 28 heavy (non-hydrogen) atoms. The topological polar surface area (TPSA) is 111 Å². The van der Waals surface area contributed by atoms with E-state index in [1.54, 1.807) is 19.2 Å². The molecule has 1 aromatic carbocycles. The molecule has 5 N–H and O–H groups in total. The minimum atomic E-state index is -0.539. The first-order chi connectivity index (χ1) is 12.4. The Kier molecular flexibility index (Phi) is 11.5. The molecule has 0 aliphatic heterocycles. The number of carbonyl (C=O) groups excluding carboxylic acids is 2. The van der Waals surface area contributed by atoms with Crippen molar-refractivity contribution < 1.29 is 9.59 Å². The molecule has 0 saturated heterocycles. The van der Waals surface area contributed by atoms with E-state index < -0.39 is 17.7 Å². The fourth-order valence-electron chi connectivity index (χ4n) is 2.72. The fourth-order valence-corrected chi connectivity index (χ4v) is 2.91. The van der Waals surface area contributed by atoms with E-state index in [9.17, 15) is 9.59 Å². The summed E-state index contributed by atoms with van der Waals surface area (Å²) in [4.78, 5) is 28.2. The Bertz CT molecular complexity index is 775. The SMILES string of the molecule is C[C@H](C(=O)NCc1cnc(N)c(Cl)c1)C(CCc1ccccc1)C(N)=O.Cl.Cl. The van der Waals surface area contributed by atoms with Crippen LogP contribution in [0.3, 0.4) is 0 Å². The number of hydrogen-bond acceptors (Lipinski definition) is 4. The zero-order valence-corrected chi connectivity index (χ0v) is 17.8. The fraction of sp³-hybridized carbons (Fsp3) is 0.316. The summed E-state index contributed by atoms with van der Waals surface area (Å²) in [5.41, 5.74) is 12.9. The van der Waals surface area contributed by atoms with E-state index in [-0.39, 0.29) is 43.1 Å². The molecular weight excluding hydrogens is 423 g/mol. The Morgan fingerprint density at radius 2 is 1.82 bits per heavy atom. The molecule has 1 aromatic heterocycles. The van der Waals surface area contributed by atoms with Crippen LogP contribution in [0.25, 0.3) is 0 Å². The summed E-state index contributed by atoms with van der Waals surface area (Å²) in [6, 6.07) is 11.4. The van der Waals surface area contributed by atoms with Gasteiger partial charge in [-0.3, -0.25) is 9.59 Å². The third-order valence-electron chi connectivity index (χ3n) is 4.36. The molecular formula is C19H25Cl3N4O2. The van der Waals surface area contributed by atoms with Crippen molar-refractivity contribution in [2.24, 2.45) is 17.6 Å². The summed E-state index contributed by atoms with van der Waals surface area (Å²) in [7, 11) is 0. The Morgan fingerprint density at radius 1 is 1.18 bits per heavy atom. The van der Waals surface area contributed by atoms with E-state index in [0.717, 1.165) is 11.1 Å². The largest absolute Gasteiger partial charge is 0.382 e. The Balaban J connectivity index is 0.00000364. The minimum Gasteiger partial charge on any atom is -0.382 e. The van der Waals surface area contributed by atoms with Crippen LogP contribution in [-0.2, 0) is 22.6 Å². The maximum atomic E-state index is 12.4. The maximum absolute atomic E-state index is 12.4. The van der Waals surface area contributed by atoms with Crippen molar-refractivity contribution in [1.29, 1.82) is 0 Å². The van der Waals surface area contributed by atoms with Crippen LogP contribution in [0.4, 0.5) is 5.82 Å². The monoisotopic (exact) mass is 446 g/mol. The van der Waals surface area contributed by atoms with E-state index in [1.165, 1.54) is 0 Å². The van der Waals surface area contributed by atoms with Gasteiger partial charge in [0, 0.05) is 24.6 Å². The zero-order valence-electron chi connectivity index (χ0n) is 15.4. The summed E-state index contributed by atoms with van der Waals surface area (Å²) >= 11 is 5.92. The van der Waals surface area contributed by atoms with Crippen molar-refractivity contribution >= 4 is 54.0 Å². The number of aryl methyl sites for hydroxylation is 1. The molecule has 0 radical (unpaired) electrons. The van der Waals surface area contributed by atoms with Crippen molar-refractivity contribution in [3.05, 3.63) is 58.7 Å². The Labute approximate surface area is 182 Å². The molecule has 1 unspecified atom stereocenters. The number of primary amides is 1. The van der Waals surface area contributed by atoms with E-state index in [1.807, 2.05) is 30.3 Å². The number of amides is 2. The number of nitrogens with one attached hydrogen (secondary N) is 1. The van der Waals surface area contributed by atoms with Crippen molar-refractivity contribution in [3.63, 3.8) is 0 Å². The number of pyridine rings is 1. The molecule has 9 heteroatoms. The number of benzene rings is 1. The molecule has 0 fully saturated rings. The lowest BCUT2D eigenvalue weighted by Gasteiger charge is -2.20. The van der Waals surface area contributed by atoms with Crippen molar-refractivity contribution in [3.8, 4) is 0 Å². The number of hydrogen-bond donors (Lipinski definition) is 3. The average molecular weight is 448 g/mol. The molecule has 0 spiro atoms. The van der Waals surface area contributed by atoms with Gasteiger partial charge in [0.1, 0.15) is 5.82 Å². The number of aromatic nitrogens is 1. The van der Waals surface area contributed by atoms with Gasteiger partial charge >= 0.3 is 0 Å². The molecule has 0 bridgehead atoms. The van der Waals surface area contributed by atoms with E-state index in [2.05, 4.69) is 10.3 Å². The summed E-state index contributed by atoms with van der Waals surface area (Å²) in [6.45, 7) is 1.96. The van der Waals surface area contributed by atoms with Crippen LogP contribution in [0, 0.1) is 11.8 Å². The predicted octanol–water partition coefficient (Wildman–Crippen LogP) is 3.15. The number of halogens is 3. The molecule has 0 aliphatic rings. The number of nitrogens with two attached hydrogens (primary N) is 2. The van der Waals surface area contributed by atoms with E-state index >= 15 is 0 Å². The van der Waals surface area contributed by atoms with Gasteiger partial charge in [-0.1, -0.05) is 48.9 Å². The summed E-state index contributed by atoms with van der Waals surface area (Å²) in [5, 5.41) is 3.13. The molecule has 1 heterocycles.